The maximum absolute atomic E-state index is 12.3. The summed E-state index contributed by atoms with van der Waals surface area (Å²) >= 11 is 1.55. The molecular weight excluding hydrogens is 348 g/mol. The summed E-state index contributed by atoms with van der Waals surface area (Å²) in [5, 5.41) is 0.850. The van der Waals surface area contributed by atoms with Crippen LogP contribution in [0.15, 0.2) is 42.5 Å². The smallest absolute Gasteiger partial charge is 0.338 e. The first-order valence-electron chi connectivity index (χ1n) is 8.27. The summed E-state index contributed by atoms with van der Waals surface area (Å²) in [6, 6.07) is 13.3. The number of aromatic nitrogens is 1. The Balaban J connectivity index is 1.57. The fourth-order valence-corrected chi connectivity index (χ4v) is 3.66. The van der Waals surface area contributed by atoms with E-state index in [0.29, 0.717) is 12.1 Å². The highest BCUT2D eigenvalue weighted by molar-refractivity contribution is 7.18. The number of carbonyl (C=O) groups excluding carboxylic acids is 2. The lowest BCUT2D eigenvalue weighted by Crippen LogP contribution is -2.30. The monoisotopic (exact) mass is 368 g/mol. The van der Waals surface area contributed by atoms with Crippen molar-refractivity contribution in [2.24, 2.45) is 0 Å². The molecule has 0 saturated carbocycles. The van der Waals surface area contributed by atoms with Gasteiger partial charge in [-0.3, -0.25) is 4.79 Å². The number of fused-ring (bicyclic) bond motifs is 1. The van der Waals surface area contributed by atoms with Crippen LogP contribution in [0.4, 0.5) is 0 Å². The van der Waals surface area contributed by atoms with Gasteiger partial charge in [-0.05, 0) is 37.6 Å². The topological polar surface area (TPSA) is 59.5 Å². The number of para-hydroxylation sites is 1. The number of benzene rings is 2. The predicted molar refractivity (Wildman–Crippen MR) is 102 cm³/mol. The third kappa shape index (κ3) is 4.08. The van der Waals surface area contributed by atoms with Crippen LogP contribution < -0.4 is 0 Å². The van der Waals surface area contributed by atoms with Crippen molar-refractivity contribution in [2.45, 2.75) is 20.4 Å². The third-order valence-electron chi connectivity index (χ3n) is 4.06. The fourth-order valence-electron chi connectivity index (χ4n) is 2.64. The lowest BCUT2D eigenvalue weighted by molar-refractivity contribution is -0.133. The Morgan fingerprint density at radius 3 is 2.65 bits per heavy atom. The van der Waals surface area contributed by atoms with E-state index in [4.69, 9.17) is 4.74 Å². The average Bonchev–Trinajstić information content (AvgIpc) is 3.01. The Hall–Kier alpha value is -2.73. The van der Waals surface area contributed by atoms with Gasteiger partial charge in [0.25, 0.3) is 5.91 Å². The highest BCUT2D eigenvalue weighted by Crippen LogP contribution is 2.22. The number of likely N-dealkylation sites (N-methyl/N-ethyl adjacent to an activating group) is 1. The van der Waals surface area contributed by atoms with Crippen LogP contribution in [0.1, 0.15) is 26.5 Å². The summed E-state index contributed by atoms with van der Waals surface area (Å²) in [4.78, 5) is 30.5. The molecular formula is C20H20N2O3S. The third-order valence-corrected chi connectivity index (χ3v) is 5.09. The van der Waals surface area contributed by atoms with E-state index in [1.54, 1.807) is 24.5 Å². The molecule has 3 aromatic rings. The predicted octanol–water partition coefficient (Wildman–Crippen LogP) is 3.73. The molecule has 2 aromatic carbocycles. The molecule has 0 radical (unpaired) electrons. The summed E-state index contributed by atoms with van der Waals surface area (Å²) in [6.45, 7) is 3.92. The number of aryl methyl sites for hydroxylation is 2. The minimum atomic E-state index is -0.482. The van der Waals surface area contributed by atoms with Crippen molar-refractivity contribution in [3.8, 4) is 0 Å². The van der Waals surface area contributed by atoms with Crippen LogP contribution in [0.3, 0.4) is 0 Å². The van der Waals surface area contributed by atoms with Crippen LogP contribution in [0.2, 0.25) is 0 Å². The van der Waals surface area contributed by atoms with E-state index in [0.717, 1.165) is 26.4 Å². The first-order chi connectivity index (χ1) is 12.4. The number of hydrogen-bond acceptors (Lipinski definition) is 5. The zero-order valence-electron chi connectivity index (χ0n) is 15.0. The van der Waals surface area contributed by atoms with Crippen molar-refractivity contribution < 1.29 is 14.3 Å². The maximum Gasteiger partial charge on any atom is 0.338 e. The molecule has 1 amide bonds. The number of amides is 1. The first-order valence-corrected chi connectivity index (χ1v) is 9.08. The molecule has 1 heterocycles. The van der Waals surface area contributed by atoms with E-state index >= 15 is 0 Å². The van der Waals surface area contributed by atoms with Gasteiger partial charge in [-0.1, -0.05) is 29.8 Å². The van der Waals surface area contributed by atoms with Gasteiger partial charge in [0.2, 0.25) is 0 Å². The van der Waals surface area contributed by atoms with Crippen molar-refractivity contribution in [1.82, 2.24) is 9.88 Å². The van der Waals surface area contributed by atoms with E-state index in [2.05, 4.69) is 4.98 Å². The summed E-state index contributed by atoms with van der Waals surface area (Å²) in [5.74, 6) is -0.744. The van der Waals surface area contributed by atoms with Crippen LogP contribution in [-0.2, 0) is 16.1 Å². The molecule has 0 fully saturated rings. The molecule has 0 atom stereocenters. The summed E-state index contributed by atoms with van der Waals surface area (Å²) < 4.78 is 6.27. The molecule has 134 valence electrons. The molecule has 3 rings (SSSR count). The number of carbonyl (C=O) groups is 2. The van der Waals surface area contributed by atoms with E-state index in [1.807, 2.05) is 50.2 Å². The maximum atomic E-state index is 12.3. The van der Waals surface area contributed by atoms with Gasteiger partial charge in [0.05, 0.1) is 22.3 Å². The van der Waals surface area contributed by atoms with Crippen LogP contribution >= 0.6 is 11.3 Å². The zero-order chi connectivity index (χ0) is 18.7. The Bertz CT molecular complexity index is 932. The van der Waals surface area contributed by atoms with E-state index < -0.39 is 5.97 Å². The van der Waals surface area contributed by atoms with Gasteiger partial charge < -0.3 is 9.64 Å². The number of esters is 1. The summed E-state index contributed by atoms with van der Waals surface area (Å²) in [5.41, 5.74) is 3.32. The first kappa shape index (κ1) is 18.1. The van der Waals surface area contributed by atoms with Gasteiger partial charge in [0, 0.05) is 7.05 Å². The summed E-state index contributed by atoms with van der Waals surface area (Å²) in [6.07, 6.45) is 0. The molecule has 0 aliphatic rings. The Morgan fingerprint density at radius 2 is 1.92 bits per heavy atom. The number of thiazole rings is 1. The van der Waals surface area contributed by atoms with Crippen molar-refractivity contribution in [3.63, 3.8) is 0 Å². The number of nitrogens with zero attached hydrogens (tertiary/aromatic N) is 2. The molecule has 0 N–H and O–H groups in total. The highest BCUT2D eigenvalue weighted by Gasteiger charge is 2.16. The molecule has 0 aliphatic carbocycles. The minimum absolute atomic E-state index is 0.262. The van der Waals surface area contributed by atoms with Gasteiger partial charge in [-0.25, -0.2) is 9.78 Å². The number of ether oxygens (including phenoxy) is 1. The molecule has 0 saturated heterocycles. The molecule has 0 unspecified atom stereocenters. The largest absolute Gasteiger partial charge is 0.452 e. The average molecular weight is 368 g/mol. The van der Waals surface area contributed by atoms with Crippen LogP contribution in [0.25, 0.3) is 10.2 Å². The Kier molecular flexibility index (Phi) is 5.32. The van der Waals surface area contributed by atoms with Gasteiger partial charge in [0.1, 0.15) is 5.01 Å². The van der Waals surface area contributed by atoms with Crippen molar-refractivity contribution >= 4 is 33.4 Å². The van der Waals surface area contributed by atoms with E-state index in [1.165, 1.54) is 4.90 Å². The normalized spacial score (nSPS) is 10.7. The van der Waals surface area contributed by atoms with Gasteiger partial charge in [-0.2, -0.15) is 0 Å². The summed E-state index contributed by atoms with van der Waals surface area (Å²) in [7, 11) is 1.68. The second kappa shape index (κ2) is 7.66. The standard InChI is InChI=1S/C20H20N2O3S/c1-13-8-9-15(14(2)10-13)20(24)25-12-19(23)22(3)11-18-21-16-6-4-5-7-17(16)26-18/h4-10H,11-12H2,1-3H3. The fraction of sp³-hybridized carbons (Fsp3) is 0.250. The van der Waals surface area contributed by atoms with Gasteiger partial charge >= 0.3 is 5.97 Å². The second-order valence-corrected chi connectivity index (χ2v) is 7.33. The molecule has 0 bridgehead atoms. The number of hydrogen-bond donors (Lipinski definition) is 0. The number of rotatable bonds is 5. The molecule has 6 heteroatoms. The lowest BCUT2D eigenvalue weighted by atomic mass is 10.1. The lowest BCUT2D eigenvalue weighted by Gasteiger charge is -2.15. The van der Waals surface area contributed by atoms with Crippen molar-refractivity contribution in [3.05, 3.63) is 64.2 Å². The van der Waals surface area contributed by atoms with Crippen molar-refractivity contribution in [1.29, 1.82) is 0 Å². The van der Waals surface area contributed by atoms with Crippen LogP contribution in [0, 0.1) is 13.8 Å². The Labute approximate surface area is 156 Å². The van der Waals surface area contributed by atoms with Crippen LogP contribution in [-0.4, -0.2) is 35.4 Å². The molecule has 26 heavy (non-hydrogen) atoms. The second-order valence-electron chi connectivity index (χ2n) is 6.22. The Morgan fingerprint density at radius 1 is 1.15 bits per heavy atom. The molecule has 0 spiro atoms. The quantitative estimate of drug-likeness (QED) is 0.644. The van der Waals surface area contributed by atoms with Crippen LogP contribution in [0.5, 0.6) is 0 Å². The SMILES string of the molecule is Cc1ccc(C(=O)OCC(=O)N(C)Cc2nc3ccccc3s2)c(C)c1. The van der Waals surface area contributed by atoms with Gasteiger partial charge in [-0.15, -0.1) is 11.3 Å². The highest BCUT2D eigenvalue weighted by atomic mass is 32.1. The molecule has 1 aromatic heterocycles. The molecule has 0 aliphatic heterocycles. The van der Waals surface area contributed by atoms with E-state index in [-0.39, 0.29) is 12.5 Å². The van der Waals surface area contributed by atoms with Gasteiger partial charge in [0.15, 0.2) is 6.61 Å². The minimum Gasteiger partial charge on any atom is -0.452 e. The zero-order valence-corrected chi connectivity index (χ0v) is 15.8. The van der Waals surface area contributed by atoms with Crippen molar-refractivity contribution in [2.75, 3.05) is 13.7 Å². The molecule has 5 nitrogen and oxygen atoms in total. The van der Waals surface area contributed by atoms with E-state index in [9.17, 15) is 9.59 Å².